The molecule has 1 N–H and O–H groups in total. The zero-order chi connectivity index (χ0) is 14.7. The third-order valence-electron chi connectivity index (χ3n) is 2.24. The van der Waals surface area contributed by atoms with Crippen molar-refractivity contribution in [2.45, 2.75) is 0 Å². The van der Waals surface area contributed by atoms with Gasteiger partial charge in [0.25, 0.3) is 11.6 Å². The highest BCUT2D eigenvalue weighted by molar-refractivity contribution is 6.32. The Morgan fingerprint density at radius 2 is 2.05 bits per heavy atom. The van der Waals surface area contributed by atoms with Crippen molar-refractivity contribution < 1.29 is 9.72 Å². The Morgan fingerprint density at radius 3 is 2.70 bits per heavy atom. The summed E-state index contributed by atoms with van der Waals surface area (Å²) in [4.78, 5) is 29.5. The SMILES string of the molecule is O=C(Nc1ccc(Cl)c([N+](=O)[O-])c1)c1cncc(Cl)n1. The fourth-order valence-corrected chi connectivity index (χ4v) is 1.71. The van der Waals surface area contributed by atoms with Gasteiger partial charge in [0, 0.05) is 11.8 Å². The molecule has 102 valence electrons. The van der Waals surface area contributed by atoms with Gasteiger partial charge in [-0.05, 0) is 12.1 Å². The van der Waals surface area contributed by atoms with E-state index in [2.05, 4.69) is 15.3 Å². The molecule has 2 rings (SSSR count). The van der Waals surface area contributed by atoms with Gasteiger partial charge in [-0.25, -0.2) is 4.98 Å². The Labute approximate surface area is 122 Å². The molecule has 1 heterocycles. The molecule has 0 saturated heterocycles. The number of hydrogen-bond acceptors (Lipinski definition) is 5. The van der Waals surface area contributed by atoms with Crippen LogP contribution in [0.15, 0.2) is 30.6 Å². The van der Waals surface area contributed by atoms with Crippen molar-refractivity contribution in [2.24, 2.45) is 0 Å². The molecule has 0 atom stereocenters. The molecule has 20 heavy (non-hydrogen) atoms. The van der Waals surface area contributed by atoms with Crippen LogP contribution >= 0.6 is 23.2 Å². The Kier molecular flexibility index (Phi) is 4.11. The van der Waals surface area contributed by atoms with E-state index in [9.17, 15) is 14.9 Å². The average Bonchev–Trinajstić information content (AvgIpc) is 2.40. The standard InChI is InChI=1S/C11H6Cl2N4O3/c12-7-2-1-6(3-9(7)17(19)20)15-11(18)8-4-14-5-10(13)16-8/h1-5H,(H,15,18). The van der Waals surface area contributed by atoms with Gasteiger partial charge < -0.3 is 5.32 Å². The number of rotatable bonds is 3. The van der Waals surface area contributed by atoms with Crippen LogP contribution in [0.5, 0.6) is 0 Å². The van der Waals surface area contributed by atoms with E-state index in [-0.39, 0.29) is 27.2 Å². The lowest BCUT2D eigenvalue weighted by Crippen LogP contribution is -2.14. The maximum absolute atomic E-state index is 11.9. The lowest BCUT2D eigenvalue weighted by Gasteiger charge is -2.05. The first-order valence-electron chi connectivity index (χ1n) is 5.20. The molecule has 1 aromatic carbocycles. The smallest absolute Gasteiger partial charge is 0.289 e. The van der Waals surface area contributed by atoms with Crippen LogP contribution in [0, 0.1) is 10.1 Å². The van der Waals surface area contributed by atoms with Gasteiger partial charge >= 0.3 is 0 Å². The molecule has 7 nitrogen and oxygen atoms in total. The molecule has 0 unspecified atom stereocenters. The first kappa shape index (κ1) is 14.2. The van der Waals surface area contributed by atoms with E-state index in [0.717, 1.165) is 6.07 Å². The number of aromatic nitrogens is 2. The normalized spacial score (nSPS) is 10.1. The van der Waals surface area contributed by atoms with Crippen LogP contribution in [0.25, 0.3) is 0 Å². The minimum absolute atomic E-state index is 0.00453. The summed E-state index contributed by atoms with van der Waals surface area (Å²) in [5.74, 6) is -0.586. The van der Waals surface area contributed by atoms with Gasteiger partial charge in [-0.2, -0.15) is 0 Å². The van der Waals surface area contributed by atoms with E-state index in [1.807, 2.05) is 0 Å². The van der Waals surface area contributed by atoms with Crippen LogP contribution in [0.2, 0.25) is 10.2 Å². The number of hydrogen-bond donors (Lipinski definition) is 1. The largest absolute Gasteiger partial charge is 0.320 e. The summed E-state index contributed by atoms with van der Waals surface area (Å²) in [6.07, 6.45) is 2.51. The maximum Gasteiger partial charge on any atom is 0.289 e. The molecule has 1 amide bonds. The minimum Gasteiger partial charge on any atom is -0.320 e. The Bertz CT molecular complexity index is 693. The number of nitro groups is 1. The fourth-order valence-electron chi connectivity index (χ4n) is 1.38. The number of amides is 1. The average molecular weight is 313 g/mol. The van der Waals surface area contributed by atoms with Gasteiger partial charge in [0.1, 0.15) is 15.9 Å². The molecule has 0 fully saturated rings. The van der Waals surface area contributed by atoms with Crippen molar-refractivity contribution in [3.05, 3.63) is 56.6 Å². The van der Waals surface area contributed by atoms with Crippen molar-refractivity contribution in [2.75, 3.05) is 5.32 Å². The summed E-state index contributed by atoms with van der Waals surface area (Å²) < 4.78 is 0. The summed E-state index contributed by atoms with van der Waals surface area (Å²) in [6.45, 7) is 0. The van der Waals surface area contributed by atoms with E-state index < -0.39 is 10.8 Å². The van der Waals surface area contributed by atoms with Gasteiger partial charge in [-0.3, -0.25) is 19.9 Å². The van der Waals surface area contributed by atoms with Gasteiger partial charge in [0.15, 0.2) is 0 Å². The molecule has 2 aromatic rings. The van der Waals surface area contributed by atoms with Crippen LogP contribution in [0.1, 0.15) is 10.5 Å². The zero-order valence-corrected chi connectivity index (χ0v) is 11.2. The van der Waals surface area contributed by atoms with Crippen molar-refractivity contribution in [1.82, 2.24) is 9.97 Å². The lowest BCUT2D eigenvalue weighted by atomic mass is 10.2. The summed E-state index contributed by atoms with van der Waals surface area (Å²) in [5, 5.41) is 13.2. The van der Waals surface area contributed by atoms with Crippen molar-refractivity contribution in [3.63, 3.8) is 0 Å². The predicted octanol–water partition coefficient (Wildman–Crippen LogP) is 2.94. The van der Waals surface area contributed by atoms with Gasteiger partial charge in [-0.15, -0.1) is 0 Å². The van der Waals surface area contributed by atoms with E-state index in [4.69, 9.17) is 23.2 Å². The number of benzene rings is 1. The van der Waals surface area contributed by atoms with E-state index in [0.29, 0.717) is 0 Å². The monoisotopic (exact) mass is 312 g/mol. The summed E-state index contributed by atoms with van der Waals surface area (Å²) >= 11 is 11.3. The Morgan fingerprint density at radius 1 is 1.30 bits per heavy atom. The van der Waals surface area contributed by atoms with Crippen LogP contribution in [0.3, 0.4) is 0 Å². The molecule has 0 bridgehead atoms. The molecule has 0 aliphatic heterocycles. The second-order valence-electron chi connectivity index (χ2n) is 3.60. The highest BCUT2D eigenvalue weighted by atomic mass is 35.5. The third-order valence-corrected chi connectivity index (χ3v) is 2.74. The number of carbonyl (C=O) groups is 1. The number of nitro benzene ring substituents is 1. The quantitative estimate of drug-likeness (QED) is 0.694. The number of carbonyl (C=O) groups excluding carboxylic acids is 1. The van der Waals surface area contributed by atoms with Gasteiger partial charge in [0.05, 0.1) is 17.3 Å². The number of nitrogens with zero attached hydrogens (tertiary/aromatic N) is 3. The Hall–Kier alpha value is -2.25. The first-order valence-corrected chi connectivity index (χ1v) is 5.96. The molecule has 0 radical (unpaired) electrons. The maximum atomic E-state index is 11.9. The molecule has 0 saturated carbocycles. The molecule has 0 spiro atoms. The number of nitrogens with one attached hydrogen (secondary N) is 1. The van der Waals surface area contributed by atoms with Crippen LogP contribution in [-0.4, -0.2) is 20.8 Å². The second-order valence-corrected chi connectivity index (χ2v) is 4.40. The fraction of sp³-hybridized carbons (Fsp3) is 0. The molecule has 0 aliphatic rings. The van der Waals surface area contributed by atoms with Crippen molar-refractivity contribution in [3.8, 4) is 0 Å². The summed E-state index contributed by atoms with van der Waals surface area (Å²) in [6, 6.07) is 3.91. The van der Waals surface area contributed by atoms with Crippen molar-refractivity contribution in [1.29, 1.82) is 0 Å². The van der Waals surface area contributed by atoms with Gasteiger partial charge in [-0.1, -0.05) is 23.2 Å². The highest BCUT2D eigenvalue weighted by Gasteiger charge is 2.15. The predicted molar refractivity (Wildman–Crippen MR) is 73.1 cm³/mol. The van der Waals surface area contributed by atoms with E-state index in [1.165, 1.54) is 24.5 Å². The van der Waals surface area contributed by atoms with Crippen LogP contribution in [0.4, 0.5) is 11.4 Å². The Balaban J connectivity index is 2.24. The van der Waals surface area contributed by atoms with E-state index >= 15 is 0 Å². The highest BCUT2D eigenvalue weighted by Crippen LogP contribution is 2.27. The lowest BCUT2D eigenvalue weighted by molar-refractivity contribution is -0.384. The molecule has 0 aliphatic carbocycles. The first-order chi connectivity index (χ1) is 9.47. The molecule has 9 heteroatoms. The minimum atomic E-state index is -0.642. The molecule has 1 aromatic heterocycles. The number of anilines is 1. The molecular weight excluding hydrogens is 307 g/mol. The van der Waals surface area contributed by atoms with Crippen LogP contribution in [-0.2, 0) is 0 Å². The number of halogens is 2. The summed E-state index contributed by atoms with van der Waals surface area (Å²) in [5.41, 5.74) is -0.0929. The topological polar surface area (TPSA) is 98.0 Å². The van der Waals surface area contributed by atoms with Gasteiger partial charge in [0.2, 0.25) is 0 Å². The summed E-state index contributed by atoms with van der Waals surface area (Å²) in [7, 11) is 0. The third kappa shape index (κ3) is 3.19. The van der Waals surface area contributed by atoms with Crippen LogP contribution < -0.4 is 5.32 Å². The second kappa shape index (κ2) is 5.81. The van der Waals surface area contributed by atoms with E-state index in [1.54, 1.807) is 0 Å². The zero-order valence-electron chi connectivity index (χ0n) is 9.71. The molecular formula is C11H6Cl2N4O3. The van der Waals surface area contributed by atoms with Crippen molar-refractivity contribution >= 4 is 40.5 Å².